The molecule has 2 N–H and O–H groups in total. The lowest BCUT2D eigenvalue weighted by molar-refractivity contribution is -0.138. The Morgan fingerprint density at radius 3 is 2.62 bits per heavy atom. The van der Waals surface area contributed by atoms with E-state index in [0.29, 0.717) is 16.0 Å². The quantitative estimate of drug-likeness (QED) is 0.431. The molecule has 0 aliphatic rings. The summed E-state index contributed by atoms with van der Waals surface area (Å²) in [6.07, 6.45) is -0.123. The van der Waals surface area contributed by atoms with Crippen LogP contribution in [0.3, 0.4) is 0 Å². The highest BCUT2D eigenvalue weighted by atomic mass is 32.1. The molecule has 3 aromatic heterocycles. The van der Waals surface area contributed by atoms with Gasteiger partial charge in [0.2, 0.25) is 0 Å². The van der Waals surface area contributed by atoms with Gasteiger partial charge in [-0.15, -0.1) is 11.3 Å². The summed E-state index contributed by atoms with van der Waals surface area (Å²) in [4.78, 5) is 37.9. The molecule has 0 saturated carbocycles. The van der Waals surface area contributed by atoms with Crippen LogP contribution in [0.1, 0.15) is 49.3 Å². The number of alkyl halides is 3. The molecule has 0 radical (unpaired) electrons. The van der Waals surface area contributed by atoms with Gasteiger partial charge in [-0.25, -0.2) is 15.0 Å². The van der Waals surface area contributed by atoms with Crippen molar-refractivity contribution in [3.05, 3.63) is 69.7 Å². The second-order valence-electron chi connectivity index (χ2n) is 7.63. The van der Waals surface area contributed by atoms with Gasteiger partial charge in [0.05, 0.1) is 23.2 Å². The normalized spacial score (nSPS) is 12.5. The first-order chi connectivity index (χ1) is 16.0. The third kappa shape index (κ3) is 4.62. The molecular weight excluding hydrogens is 469 g/mol. The Morgan fingerprint density at radius 2 is 1.88 bits per heavy atom. The van der Waals surface area contributed by atoms with Crippen molar-refractivity contribution in [2.24, 2.45) is 7.05 Å². The molecule has 3 heterocycles. The number of carbonyl (C=O) groups excluding carboxylic acids is 2. The van der Waals surface area contributed by atoms with Crippen molar-refractivity contribution in [1.82, 2.24) is 24.8 Å². The zero-order chi connectivity index (χ0) is 24.6. The average molecular weight is 488 g/mol. The zero-order valence-corrected chi connectivity index (χ0v) is 19.1. The zero-order valence-electron chi connectivity index (χ0n) is 18.3. The SMILES string of the molecule is Cc1ccc(NC(=O)c2cnc(C(C)NC(=O)c3ncnc4c3ccn4C)s2)cc1C(F)(F)F. The number of halogens is 3. The van der Waals surface area contributed by atoms with Gasteiger partial charge in [-0.2, -0.15) is 13.2 Å². The highest BCUT2D eigenvalue weighted by molar-refractivity contribution is 7.13. The fraction of sp³-hybridized carbons (Fsp3) is 0.227. The number of aryl methyl sites for hydroxylation is 2. The first-order valence-corrected chi connectivity index (χ1v) is 10.9. The van der Waals surface area contributed by atoms with Gasteiger partial charge in [0, 0.05) is 18.9 Å². The number of aromatic nitrogens is 4. The average Bonchev–Trinajstić information content (AvgIpc) is 3.42. The topological polar surface area (TPSA) is 102 Å². The molecule has 4 rings (SSSR count). The van der Waals surface area contributed by atoms with Crippen molar-refractivity contribution < 1.29 is 22.8 Å². The number of carbonyl (C=O) groups is 2. The largest absolute Gasteiger partial charge is 0.416 e. The predicted octanol–water partition coefficient (Wildman–Crippen LogP) is 4.50. The lowest BCUT2D eigenvalue weighted by atomic mass is 10.1. The third-order valence-electron chi connectivity index (χ3n) is 5.14. The van der Waals surface area contributed by atoms with E-state index in [1.165, 1.54) is 31.6 Å². The van der Waals surface area contributed by atoms with Gasteiger partial charge in [0.25, 0.3) is 11.8 Å². The minimum absolute atomic E-state index is 0.0230. The molecule has 1 atom stereocenters. The first-order valence-electron chi connectivity index (χ1n) is 10.1. The van der Waals surface area contributed by atoms with Crippen LogP contribution in [-0.4, -0.2) is 31.3 Å². The lowest BCUT2D eigenvalue weighted by Crippen LogP contribution is -2.27. The van der Waals surface area contributed by atoms with Crippen LogP contribution in [0.5, 0.6) is 0 Å². The number of benzene rings is 1. The maximum absolute atomic E-state index is 13.1. The lowest BCUT2D eigenvalue weighted by Gasteiger charge is -2.12. The molecule has 4 aromatic rings. The minimum Gasteiger partial charge on any atom is -0.342 e. The summed E-state index contributed by atoms with van der Waals surface area (Å²) in [6, 6.07) is 4.80. The fourth-order valence-electron chi connectivity index (χ4n) is 3.38. The molecule has 176 valence electrons. The molecule has 0 aliphatic heterocycles. The second-order valence-corrected chi connectivity index (χ2v) is 8.69. The van der Waals surface area contributed by atoms with Crippen molar-refractivity contribution in [1.29, 1.82) is 0 Å². The van der Waals surface area contributed by atoms with Gasteiger partial charge < -0.3 is 15.2 Å². The van der Waals surface area contributed by atoms with Gasteiger partial charge in [0.1, 0.15) is 27.6 Å². The summed E-state index contributed by atoms with van der Waals surface area (Å²) >= 11 is 1.03. The number of hydrogen-bond donors (Lipinski definition) is 2. The van der Waals surface area contributed by atoms with E-state index in [2.05, 4.69) is 25.6 Å². The molecular formula is C22H19F3N6O2S. The van der Waals surface area contributed by atoms with Crippen LogP contribution in [0.4, 0.5) is 18.9 Å². The van der Waals surface area contributed by atoms with E-state index in [1.54, 1.807) is 23.8 Å². The number of hydrogen-bond acceptors (Lipinski definition) is 6. The van der Waals surface area contributed by atoms with Crippen LogP contribution in [0.25, 0.3) is 11.0 Å². The smallest absolute Gasteiger partial charge is 0.342 e. The molecule has 2 amide bonds. The Kier molecular flexibility index (Phi) is 6.09. The van der Waals surface area contributed by atoms with Crippen molar-refractivity contribution >= 4 is 39.9 Å². The Labute approximate surface area is 195 Å². The molecule has 8 nitrogen and oxygen atoms in total. The van der Waals surface area contributed by atoms with E-state index in [0.717, 1.165) is 17.4 Å². The number of anilines is 1. The summed E-state index contributed by atoms with van der Waals surface area (Å²) in [5.41, 5.74) is 0.1000. The molecule has 0 fully saturated rings. The fourth-order valence-corrected chi connectivity index (χ4v) is 4.19. The van der Waals surface area contributed by atoms with Crippen LogP contribution in [0, 0.1) is 6.92 Å². The maximum atomic E-state index is 13.1. The number of fused-ring (bicyclic) bond motifs is 1. The van der Waals surface area contributed by atoms with Crippen LogP contribution < -0.4 is 10.6 Å². The molecule has 0 bridgehead atoms. The Bertz CT molecular complexity index is 1400. The van der Waals surface area contributed by atoms with E-state index >= 15 is 0 Å². The molecule has 34 heavy (non-hydrogen) atoms. The van der Waals surface area contributed by atoms with Crippen LogP contribution in [0.15, 0.2) is 43.0 Å². The second kappa shape index (κ2) is 8.86. The summed E-state index contributed by atoms with van der Waals surface area (Å²) in [7, 11) is 1.81. The number of nitrogens with zero attached hydrogens (tertiary/aromatic N) is 4. The van der Waals surface area contributed by atoms with Gasteiger partial charge in [-0.05, 0) is 37.6 Å². The minimum atomic E-state index is -4.52. The van der Waals surface area contributed by atoms with Crippen molar-refractivity contribution in [2.75, 3.05) is 5.32 Å². The maximum Gasteiger partial charge on any atom is 0.416 e. The van der Waals surface area contributed by atoms with Crippen LogP contribution >= 0.6 is 11.3 Å². The van der Waals surface area contributed by atoms with Crippen LogP contribution in [-0.2, 0) is 13.2 Å². The number of thiazole rings is 1. The van der Waals surface area contributed by atoms with Gasteiger partial charge in [-0.3, -0.25) is 9.59 Å². The predicted molar refractivity (Wildman–Crippen MR) is 121 cm³/mol. The number of nitrogens with one attached hydrogen (secondary N) is 2. The van der Waals surface area contributed by atoms with Crippen molar-refractivity contribution in [3.63, 3.8) is 0 Å². The highest BCUT2D eigenvalue weighted by Crippen LogP contribution is 2.33. The van der Waals surface area contributed by atoms with E-state index in [1.807, 2.05) is 7.05 Å². The van der Waals surface area contributed by atoms with E-state index in [9.17, 15) is 22.8 Å². The standard InChI is InChI=1S/C22H19F3N6O2S/c1-11-4-5-13(8-15(11)22(23,24)25)30-19(32)16-9-26-21(34-16)12(2)29-20(33)17-14-6-7-31(3)18(14)28-10-27-17/h4-10,12H,1-3H3,(H,29,33)(H,30,32). The summed E-state index contributed by atoms with van der Waals surface area (Å²) < 4.78 is 41.2. The molecule has 0 spiro atoms. The van der Waals surface area contributed by atoms with Crippen molar-refractivity contribution in [2.45, 2.75) is 26.1 Å². The first kappa shape index (κ1) is 23.4. The molecule has 12 heteroatoms. The monoisotopic (exact) mass is 488 g/mol. The molecule has 1 aromatic carbocycles. The Hall–Kier alpha value is -3.80. The molecule has 0 saturated heterocycles. The summed E-state index contributed by atoms with van der Waals surface area (Å²) in [5.74, 6) is -1.02. The molecule has 1 unspecified atom stereocenters. The summed E-state index contributed by atoms with van der Waals surface area (Å²) in [5, 5.41) is 6.32. The van der Waals surface area contributed by atoms with E-state index in [4.69, 9.17) is 0 Å². The van der Waals surface area contributed by atoms with E-state index < -0.39 is 29.6 Å². The van der Waals surface area contributed by atoms with Gasteiger partial charge >= 0.3 is 6.18 Å². The summed E-state index contributed by atoms with van der Waals surface area (Å²) in [6.45, 7) is 3.06. The van der Waals surface area contributed by atoms with Gasteiger partial charge in [-0.1, -0.05) is 6.07 Å². The van der Waals surface area contributed by atoms with Crippen LogP contribution in [0.2, 0.25) is 0 Å². The van der Waals surface area contributed by atoms with E-state index in [-0.39, 0.29) is 21.8 Å². The van der Waals surface area contributed by atoms with Crippen molar-refractivity contribution in [3.8, 4) is 0 Å². The number of rotatable bonds is 5. The Balaban J connectivity index is 1.46. The van der Waals surface area contributed by atoms with Gasteiger partial charge in [0.15, 0.2) is 0 Å². The Morgan fingerprint density at radius 1 is 1.12 bits per heavy atom. The highest BCUT2D eigenvalue weighted by Gasteiger charge is 2.32. The third-order valence-corrected chi connectivity index (χ3v) is 6.32. The number of amides is 2. The molecule has 0 aliphatic carbocycles.